The van der Waals surface area contributed by atoms with E-state index in [0.717, 1.165) is 0 Å². The molecule has 2 aromatic rings. The maximum atomic E-state index is 13.3. The van der Waals surface area contributed by atoms with Crippen LogP contribution < -0.4 is 4.74 Å². The first-order valence-electron chi connectivity index (χ1n) is 5.24. The number of halogens is 2. The maximum Gasteiger partial charge on any atom is 0.287 e. The fourth-order valence-corrected chi connectivity index (χ4v) is 1.79. The summed E-state index contributed by atoms with van der Waals surface area (Å²) in [7, 11) is 0. The number of hydrogen-bond donors (Lipinski definition) is 0. The summed E-state index contributed by atoms with van der Waals surface area (Å²) in [5.41, 5.74) is 0.0343. The summed E-state index contributed by atoms with van der Waals surface area (Å²) >= 11 is 3.07. The first-order chi connectivity index (χ1) is 9.08. The zero-order valence-electron chi connectivity index (χ0n) is 9.55. The Bertz CT molecular complexity index is 622. The Morgan fingerprint density at radius 2 is 2.21 bits per heavy atom. The maximum absolute atomic E-state index is 13.3. The van der Waals surface area contributed by atoms with Gasteiger partial charge in [-0.05, 0) is 40.2 Å². The predicted octanol–water partition coefficient (Wildman–Crippen LogP) is 3.47. The molecule has 0 fully saturated rings. The van der Waals surface area contributed by atoms with E-state index in [-0.39, 0.29) is 23.7 Å². The molecule has 0 bridgehead atoms. The average molecular weight is 327 g/mol. The van der Waals surface area contributed by atoms with E-state index in [1.165, 1.54) is 30.5 Å². The molecule has 1 aromatic heterocycles. The van der Waals surface area contributed by atoms with Crippen LogP contribution in [-0.4, -0.2) is 9.91 Å². The topological polar surface area (TPSA) is 65.3 Å². The van der Waals surface area contributed by atoms with Gasteiger partial charge in [0.05, 0.1) is 15.5 Å². The molecule has 0 aliphatic carbocycles. The summed E-state index contributed by atoms with van der Waals surface area (Å²) in [6.07, 6.45) is 1.45. The summed E-state index contributed by atoms with van der Waals surface area (Å²) < 4.78 is 19.0. The van der Waals surface area contributed by atoms with E-state index in [1.807, 2.05) is 0 Å². The van der Waals surface area contributed by atoms with E-state index in [1.54, 1.807) is 6.07 Å². The fourth-order valence-electron chi connectivity index (χ4n) is 1.40. The minimum Gasteiger partial charge on any atom is -0.487 e. The normalized spacial score (nSPS) is 10.2. The van der Waals surface area contributed by atoms with Crippen LogP contribution in [0, 0.1) is 15.9 Å². The Morgan fingerprint density at radius 3 is 2.89 bits per heavy atom. The third kappa shape index (κ3) is 3.25. The van der Waals surface area contributed by atoms with Crippen molar-refractivity contribution in [2.75, 3.05) is 0 Å². The smallest absolute Gasteiger partial charge is 0.287 e. The molecule has 5 nitrogen and oxygen atoms in total. The van der Waals surface area contributed by atoms with E-state index >= 15 is 0 Å². The Hall–Kier alpha value is -2.02. The molecule has 2 rings (SSSR count). The number of nitro benzene ring substituents is 1. The van der Waals surface area contributed by atoms with E-state index in [4.69, 9.17) is 4.74 Å². The molecule has 1 heterocycles. The first kappa shape index (κ1) is 13.4. The highest BCUT2D eigenvalue weighted by molar-refractivity contribution is 9.10. The van der Waals surface area contributed by atoms with Gasteiger partial charge in [0.1, 0.15) is 23.9 Å². The molecule has 0 N–H and O–H groups in total. The molecule has 0 aliphatic rings. The van der Waals surface area contributed by atoms with Crippen molar-refractivity contribution in [3.8, 4) is 5.75 Å². The van der Waals surface area contributed by atoms with Gasteiger partial charge in [0, 0.05) is 6.20 Å². The van der Waals surface area contributed by atoms with Gasteiger partial charge < -0.3 is 4.74 Å². The number of aromatic nitrogens is 1. The average Bonchev–Trinajstić information content (AvgIpc) is 2.39. The van der Waals surface area contributed by atoms with Crippen molar-refractivity contribution >= 4 is 21.6 Å². The molecular weight excluding hydrogens is 319 g/mol. The van der Waals surface area contributed by atoms with Crippen molar-refractivity contribution < 1.29 is 14.1 Å². The SMILES string of the molecule is O=[N+]([O-])c1cc(OCc2ncccc2F)ccc1Br. The Kier molecular flexibility index (Phi) is 4.06. The number of pyridine rings is 1. The molecule has 0 unspecified atom stereocenters. The Morgan fingerprint density at radius 1 is 1.42 bits per heavy atom. The standard InChI is InChI=1S/C12H8BrFN2O3/c13-9-4-3-8(6-12(9)16(17)18)19-7-11-10(14)2-1-5-15-11/h1-6H,7H2. The largest absolute Gasteiger partial charge is 0.487 e. The number of ether oxygens (including phenoxy) is 1. The summed E-state index contributed by atoms with van der Waals surface area (Å²) in [6, 6.07) is 7.07. The summed E-state index contributed by atoms with van der Waals surface area (Å²) in [4.78, 5) is 14.0. The summed E-state index contributed by atoms with van der Waals surface area (Å²) in [5, 5.41) is 10.7. The molecule has 0 saturated carbocycles. The molecule has 7 heteroatoms. The van der Waals surface area contributed by atoms with Gasteiger partial charge >= 0.3 is 0 Å². The van der Waals surface area contributed by atoms with Crippen LogP contribution in [0.15, 0.2) is 41.0 Å². The van der Waals surface area contributed by atoms with Gasteiger partial charge in [-0.25, -0.2) is 4.39 Å². The van der Waals surface area contributed by atoms with Crippen molar-refractivity contribution in [2.24, 2.45) is 0 Å². The van der Waals surface area contributed by atoms with Crippen LogP contribution in [0.2, 0.25) is 0 Å². The van der Waals surface area contributed by atoms with Crippen LogP contribution in [0.5, 0.6) is 5.75 Å². The third-order valence-electron chi connectivity index (χ3n) is 2.32. The highest BCUT2D eigenvalue weighted by Gasteiger charge is 2.13. The van der Waals surface area contributed by atoms with E-state index in [0.29, 0.717) is 4.47 Å². The van der Waals surface area contributed by atoms with Gasteiger partial charge in [0.2, 0.25) is 0 Å². The van der Waals surface area contributed by atoms with Crippen molar-refractivity contribution in [1.82, 2.24) is 4.98 Å². The lowest BCUT2D eigenvalue weighted by molar-refractivity contribution is -0.385. The van der Waals surface area contributed by atoms with E-state index in [2.05, 4.69) is 20.9 Å². The van der Waals surface area contributed by atoms with Gasteiger partial charge in [-0.3, -0.25) is 15.1 Å². The molecule has 0 saturated heterocycles. The highest BCUT2D eigenvalue weighted by atomic mass is 79.9. The number of nitrogens with zero attached hydrogens (tertiary/aromatic N) is 2. The number of rotatable bonds is 4. The molecule has 0 radical (unpaired) electrons. The zero-order valence-corrected chi connectivity index (χ0v) is 11.1. The lowest BCUT2D eigenvalue weighted by Crippen LogP contribution is -2.01. The minimum absolute atomic E-state index is 0.0918. The van der Waals surface area contributed by atoms with E-state index < -0.39 is 10.7 Å². The van der Waals surface area contributed by atoms with Crippen molar-refractivity contribution in [3.63, 3.8) is 0 Å². The Labute approximate surface area is 116 Å². The molecule has 0 aliphatic heterocycles. The molecule has 1 aromatic carbocycles. The van der Waals surface area contributed by atoms with Gasteiger partial charge in [-0.15, -0.1) is 0 Å². The molecular formula is C12H8BrFN2O3. The molecule has 98 valence electrons. The minimum atomic E-state index is -0.529. The third-order valence-corrected chi connectivity index (χ3v) is 3.00. The van der Waals surface area contributed by atoms with Crippen LogP contribution in [0.25, 0.3) is 0 Å². The first-order valence-corrected chi connectivity index (χ1v) is 6.03. The fraction of sp³-hybridized carbons (Fsp3) is 0.0833. The van der Waals surface area contributed by atoms with E-state index in [9.17, 15) is 14.5 Å². The summed E-state index contributed by atoms with van der Waals surface area (Å²) in [5.74, 6) is -0.200. The van der Waals surface area contributed by atoms with Crippen LogP contribution >= 0.6 is 15.9 Å². The van der Waals surface area contributed by atoms with Crippen LogP contribution in [0.4, 0.5) is 10.1 Å². The monoisotopic (exact) mass is 326 g/mol. The molecule has 0 amide bonds. The van der Waals surface area contributed by atoms with Crippen molar-refractivity contribution in [2.45, 2.75) is 6.61 Å². The predicted molar refractivity (Wildman–Crippen MR) is 69.3 cm³/mol. The lowest BCUT2D eigenvalue weighted by Gasteiger charge is -2.06. The van der Waals surface area contributed by atoms with Crippen LogP contribution in [0.3, 0.4) is 0 Å². The van der Waals surface area contributed by atoms with Crippen molar-refractivity contribution in [1.29, 1.82) is 0 Å². The lowest BCUT2D eigenvalue weighted by atomic mass is 10.3. The molecule has 0 spiro atoms. The zero-order chi connectivity index (χ0) is 13.8. The summed E-state index contributed by atoms with van der Waals surface area (Å²) in [6.45, 7) is -0.0918. The van der Waals surface area contributed by atoms with Gasteiger partial charge in [-0.1, -0.05) is 0 Å². The van der Waals surface area contributed by atoms with Crippen molar-refractivity contribution in [3.05, 3.63) is 62.6 Å². The van der Waals surface area contributed by atoms with Crippen LogP contribution in [0.1, 0.15) is 5.69 Å². The number of benzene rings is 1. The quantitative estimate of drug-likeness (QED) is 0.637. The van der Waals surface area contributed by atoms with Gasteiger partial charge in [-0.2, -0.15) is 0 Å². The second-order valence-electron chi connectivity index (χ2n) is 3.59. The second-order valence-corrected chi connectivity index (χ2v) is 4.45. The van der Waals surface area contributed by atoms with Crippen LogP contribution in [-0.2, 0) is 6.61 Å². The number of nitro groups is 1. The van der Waals surface area contributed by atoms with Gasteiger partial charge in [0.25, 0.3) is 5.69 Å². The number of hydrogen-bond acceptors (Lipinski definition) is 4. The second kappa shape index (κ2) is 5.75. The van der Waals surface area contributed by atoms with Gasteiger partial charge in [0.15, 0.2) is 0 Å². The molecule has 0 atom stereocenters. The Balaban J connectivity index is 2.14. The molecule has 19 heavy (non-hydrogen) atoms. The highest BCUT2D eigenvalue weighted by Crippen LogP contribution is 2.29.